The Morgan fingerprint density at radius 1 is 1.24 bits per heavy atom. The summed E-state index contributed by atoms with van der Waals surface area (Å²) in [7, 11) is 0. The number of amides is 1. The fourth-order valence-electron chi connectivity index (χ4n) is 3.52. The van der Waals surface area contributed by atoms with Crippen LogP contribution >= 0.6 is 0 Å². The molecule has 2 aromatic rings. The molecular weight excluding hydrogens is 321 g/mol. The first-order valence-electron chi connectivity index (χ1n) is 8.85. The van der Waals surface area contributed by atoms with E-state index in [1.807, 2.05) is 18.2 Å². The van der Waals surface area contributed by atoms with Crippen molar-refractivity contribution in [3.8, 4) is 0 Å². The van der Waals surface area contributed by atoms with Crippen LogP contribution < -0.4 is 5.32 Å². The lowest BCUT2D eigenvalue weighted by molar-refractivity contribution is -0.126. The van der Waals surface area contributed by atoms with E-state index in [9.17, 15) is 9.18 Å². The number of ether oxygens (including phenoxy) is 1. The second-order valence-corrected chi connectivity index (χ2v) is 6.54. The van der Waals surface area contributed by atoms with Gasteiger partial charge in [0.25, 0.3) is 0 Å². The van der Waals surface area contributed by atoms with Gasteiger partial charge < -0.3 is 14.5 Å². The molecule has 0 unspecified atom stereocenters. The van der Waals surface area contributed by atoms with Crippen molar-refractivity contribution in [1.82, 2.24) is 5.32 Å². The van der Waals surface area contributed by atoms with Crippen molar-refractivity contribution in [2.75, 3.05) is 13.2 Å². The predicted octanol–water partition coefficient (Wildman–Crippen LogP) is 3.95. The molecule has 0 bridgehead atoms. The summed E-state index contributed by atoms with van der Waals surface area (Å²) < 4.78 is 24.3. The average molecular weight is 345 g/mol. The maximum absolute atomic E-state index is 13.6. The van der Waals surface area contributed by atoms with Crippen LogP contribution in [0.5, 0.6) is 0 Å². The third kappa shape index (κ3) is 4.28. The van der Waals surface area contributed by atoms with Crippen LogP contribution in [0.25, 0.3) is 0 Å². The molecule has 5 heteroatoms. The van der Waals surface area contributed by atoms with Crippen LogP contribution in [0.3, 0.4) is 0 Å². The van der Waals surface area contributed by atoms with E-state index in [-0.39, 0.29) is 11.7 Å². The fraction of sp³-hybridized carbons (Fsp3) is 0.450. The minimum Gasteiger partial charge on any atom is -0.467 e. The van der Waals surface area contributed by atoms with E-state index in [0.29, 0.717) is 19.8 Å². The summed E-state index contributed by atoms with van der Waals surface area (Å²) in [6.45, 7) is 1.54. The molecule has 0 spiro atoms. The highest BCUT2D eigenvalue weighted by atomic mass is 19.1. The maximum Gasteiger partial charge on any atom is 0.230 e. The molecule has 0 radical (unpaired) electrons. The van der Waals surface area contributed by atoms with E-state index < -0.39 is 5.41 Å². The molecule has 1 fully saturated rings. The minimum absolute atomic E-state index is 0.00151. The number of hydrogen-bond acceptors (Lipinski definition) is 3. The first kappa shape index (κ1) is 17.7. The summed E-state index contributed by atoms with van der Waals surface area (Å²) in [5, 5.41) is 3.01. The topological polar surface area (TPSA) is 51.5 Å². The average Bonchev–Trinajstić information content (AvgIpc) is 3.30. The van der Waals surface area contributed by atoms with Crippen molar-refractivity contribution in [3.63, 3.8) is 0 Å². The largest absolute Gasteiger partial charge is 0.467 e. The second-order valence-electron chi connectivity index (χ2n) is 6.54. The van der Waals surface area contributed by atoms with Gasteiger partial charge >= 0.3 is 0 Å². The molecule has 25 heavy (non-hydrogen) atoms. The van der Waals surface area contributed by atoms with E-state index >= 15 is 0 Å². The zero-order valence-electron chi connectivity index (χ0n) is 14.3. The molecule has 0 atom stereocenters. The summed E-state index contributed by atoms with van der Waals surface area (Å²) in [5.41, 5.74) is 0.202. The minimum atomic E-state index is -0.586. The lowest BCUT2D eigenvalue weighted by Gasteiger charge is -2.28. The van der Waals surface area contributed by atoms with Crippen LogP contribution in [0.1, 0.15) is 43.4 Å². The number of hydrogen-bond donors (Lipinski definition) is 1. The van der Waals surface area contributed by atoms with Gasteiger partial charge in [0, 0.05) is 13.2 Å². The Balaban J connectivity index is 1.48. The Labute approximate surface area is 147 Å². The predicted molar refractivity (Wildman–Crippen MR) is 92.5 cm³/mol. The monoisotopic (exact) mass is 345 g/mol. The van der Waals surface area contributed by atoms with Crippen molar-refractivity contribution >= 4 is 5.91 Å². The summed E-state index contributed by atoms with van der Waals surface area (Å²) in [4.78, 5) is 12.8. The summed E-state index contributed by atoms with van der Waals surface area (Å²) in [6.07, 6.45) is 5.89. The normalized spacial score (nSPS) is 16.0. The molecule has 1 N–H and O–H groups in total. The van der Waals surface area contributed by atoms with E-state index in [2.05, 4.69) is 5.32 Å². The highest BCUT2D eigenvalue weighted by Crippen LogP contribution is 2.41. The molecule has 1 heterocycles. The second kappa shape index (κ2) is 8.30. The SMILES string of the molecule is O=C(NCCCOCc1ccco1)C1(c2cccc(F)c2)CCCC1. The van der Waals surface area contributed by atoms with Crippen molar-refractivity contribution < 1.29 is 18.3 Å². The van der Waals surface area contributed by atoms with E-state index in [1.54, 1.807) is 12.3 Å². The number of carbonyl (C=O) groups excluding carboxylic acids is 1. The standard InChI is InChI=1S/C20H24FNO3/c21-17-7-3-6-16(14-17)20(9-1-2-10-20)19(23)22-11-5-12-24-15-18-8-4-13-25-18/h3-4,6-8,13-14H,1-2,5,9-12,15H2,(H,22,23). The van der Waals surface area contributed by atoms with Gasteiger partial charge in [-0.3, -0.25) is 4.79 Å². The molecule has 0 saturated heterocycles. The number of nitrogens with one attached hydrogen (secondary N) is 1. The Hall–Kier alpha value is -2.14. The van der Waals surface area contributed by atoms with Gasteiger partial charge in [0.15, 0.2) is 0 Å². The fourth-order valence-corrected chi connectivity index (χ4v) is 3.52. The van der Waals surface area contributed by atoms with Crippen LogP contribution in [0.15, 0.2) is 47.1 Å². The third-order valence-electron chi connectivity index (χ3n) is 4.84. The first-order chi connectivity index (χ1) is 12.2. The van der Waals surface area contributed by atoms with Gasteiger partial charge in [-0.15, -0.1) is 0 Å². The first-order valence-corrected chi connectivity index (χ1v) is 8.85. The molecule has 134 valence electrons. The summed E-state index contributed by atoms with van der Waals surface area (Å²) >= 11 is 0. The van der Waals surface area contributed by atoms with Crippen molar-refractivity contribution in [2.24, 2.45) is 0 Å². The molecule has 0 aliphatic heterocycles. The van der Waals surface area contributed by atoms with Crippen molar-refractivity contribution in [3.05, 3.63) is 59.8 Å². The van der Waals surface area contributed by atoms with Gasteiger partial charge in [-0.25, -0.2) is 4.39 Å². The molecule has 1 aromatic heterocycles. The summed E-state index contributed by atoms with van der Waals surface area (Å²) in [6, 6.07) is 10.1. The molecular formula is C20H24FNO3. The molecule has 1 saturated carbocycles. The van der Waals surface area contributed by atoms with Gasteiger partial charge in [-0.05, 0) is 49.1 Å². The van der Waals surface area contributed by atoms with Crippen LogP contribution in [-0.2, 0) is 21.6 Å². The van der Waals surface area contributed by atoms with Crippen LogP contribution in [-0.4, -0.2) is 19.1 Å². The number of furan rings is 1. The zero-order chi connectivity index (χ0) is 17.5. The van der Waals surface area contributed by atoms with Crippen LogP contribution in [0.4, 0.5) is 4.39 Å². The lowest BCUT2D eigenvalue weighted by atomic mass is 9.78. The van der Waals surface area contributed by atoms with Crippen LogP contribution in [0, 0.1) is 5.82 Å². The Morgan fingerprint density at radius 2 is 2.08 bits per heavy atom. The van der Waals surface area contributed by atoms with E-state index in [0.717, 1.165) is 43.4 Å². The van der Waals surface area contributed by atoms with E-state index in [4.69, 9.17) is 9.15 Å². The van der Waals surface area contributed by atoms with Gasteiger partial charge in [-0.1, -0.05) is 25.0 Å². The molecule has 3 rings (SSSR count). The quantitative estimate of drug-likeness (QED) is 0.737. The molecule has 4 nitrogen and oxygen atoms in total. The molecule has 1 aliphatic rings. The highest BCUT2D eigenvalue weighted by Gasteiger charge is 2.42. The van der Waals surface area contributed by atoms with Gasteiger partial charge in [-0.2, -0.15) is 0 Å². The molecule has 1 aliphatic carbocycles. The Kier molecular flexibility index (Phi) is 5.87. The van der Waals surface area contributed by atoms with Crippen molar-refractivity contribution in [1.29, 1.82) is 0 Å². The third-order valence-corrected chi connectivity index (χ3v) is 4.84. The van der Waals surface area contributed by atoms with Crippen molar-refractivity contribution in [2.45, 2.75) is 44.1 Å². The van der Waals surface area contributed by atoms with Gasteiger partial charge in [0.05, 0.1) is 11.7 Å². The zero-order valence-corrected chi connectivity index (χ0v) is 14.3. The number of rotatable bonds is 8. The molecule has 1 amide bonds. The maximum atomic E-state index is 13.6. The Bertz CT molecular complexity index is 678. The highest BCUT2D eigenvalue weighted by molar-refractivity contribution is 5.88. The number of carbonyl (C=O) groups is 1. The summed E-state index contributed by atoms with van der Waals surface area (Å²) in [5.74, 6) is 0.504. The van der Waals surface area contributed by atoms with Gasteiger partial charge in [0.2, 0.25) is 5.91 Å². The number of halogens is 1. The molecule has 1 aromatic carbocycles. The Morgan fingerprint density at radius 3 is 2.80 bits per heavy atom. The van der Waals surface area contributed by atoms with Crippen LogP contribution in [0.2, 0.25) is 0 Å². The number of benzene rings is 1. The van der Waals surface area contributed by atoms with E-state index in [1.165, 1.54) is 12.1 Å². The smallest absolute Gasteiger partial charge is 0.230 e. The van der Waals surface area contributed by atoms with Gasteiger partial charge in [0.1, 0.15) is 18.2 Å². The lowest BCUT2D eigenvalue weighted by Crippen LogP contribution is -2.43.